The van der Waals surface area contributed by atoms with E-state index < -0.39 is 0 Å². The molecule has 0 fully saturated rings. The van der Waals surface area contributed by atoms with Crippen LogP contribution in [0.1, 0.15) is 45.5 Å². The minimum Gasteiger partial charge on any atom is -0.274 e. The highest BCUT2D eigenvalue weighted by atomic mass is 15.3. The standard InChI is InChI=1S/C32H31N3/c1-31(2,3)32(4)22-20-27(21-23-32)30-34-33-29(35(30)28-14-10-7-11-15-28)26-18-16-25(17-19-26)24-12-8-5-6-9-13-24/h5-8,10-20,22-23H,9H2,1-4H3. The molecule has 0 amide bonds. The molecule has 2 aromatic carbocycles. The zero-order valence-corrected chi connectivity index (χ0v) is 20.9. The zero-order chi connectivity index (χ0) is 24.5. The Morgan fingerprint density at radius 2 is 1.57 bits per heavy atom. The maximum Gasteiger partial charge on any atom is 0.176 e. The fraction of sp³-hybridized carbons (Fsp3) is 0.219. The van der Waals surface area contributed by atoms with Crippen molar-refractivity contribution in [1.82, 2.24) is 14.8 Å². The van der Waals surface area contributed by atoms with E-state index in [-0.39, 0.29) is 10.8 Å². The number of benzene rings is 2. The van der Waals surface area contributed by atoms with Crippen molar-refractivity contribution < 1.29 is 0 Å². The van der Waals surface area contributed by atoms with E-state index in [1.54, 1.807) is 0 Å². The molecule has 1 unspecified atom stereocenters. The topological polar surface area (TPSA) is 30.7 Å². The lowest BCUT2D eigenvalue weighted by atomic mass is 9.66. The summed E-state index contributed by atoms with van der Waals surface area (Å²) < 4.78 is 2.13. The maximum atomic E-state index is 4.65. The molecule has 174 valence electrons. The van der Waals surface area contributed by atoms with Gasteiger partial charge in [0.2, 0.25) is 0 Å². The molecule has 2 aliphatic rings. The molecule has 1 heterocycles. The zero-order valence-electron chi connectivity index (χ0n) is 20.9. The van der Waals surface area contributed by atoms with Gasteiger partial charge in [0.1, 0.15) is 0 Å². The molecule has 0 N–H and O–H groups in total. The molecule has 3 nitrogen and oxygen atoms in total. The fourth-order valence-electron chi connectivity index (χ4n) is 4.26. The summed E-state index contributed by atoms with van der Waals surface area (Å²) in [6.45, 7) is 9.02. The van der Waals surface area contributed by atoms with Crippen LogP contribution in [0.25, 0.3) is 28.2 Å². The van der Waals surface area contributed by atoms with Gasteiger partial charge >= 0.3 is 0 Å². The smallest absolute Gasteiger partial charge is 0.176 e. The summed E-state index contributed by atoms with van der Waals surface area (Å²) >= 11 is 0. The van der Waals surface area contributed by atoms with Crippen molar-refractivity contribution in [2.45, 2.75) is 34.1 Å². The second kappa shape index (κ2) is 9.02. The number of hydrogen-bond acceptors (Lipinski definition) is 2. The molecular formula is C32H31N3. The van der Waals surface area contributed by atoms with Crippen LogP contribution in [0.15, 0.2) is 109 Å². The average molecular weight is 458 g/mol. The van der Waals surface area contributed by atoms with E-state index in [0.717, 1.165) is 34.9 Å². The molecule has 1 atom stereocenters. The van der Waals surface area contributed by atoms with Crippen LogP contribution < -0.4 is 0 Å². The Kier molecular flexibility index (Phi) is 5.88. The number of para-hydroxylation sites is 1. The van der Waals surface area contributed by atoms with Crippen LogP contribution in [0.4, 0.5) is 0 Å². The van der Waals surface area contributed by atoms with Crippen LogP contribution in [-0.2, 0) is 0 Å². The molecule has 0 aliphatic heterocycles. The molecule has 0 bridgehead atoms. The third-order valence-corrected chi connectivity index (χ3v) is 7.13. The molecule has 3 heteroatoms. The van der Waals surface area contributed by atoms with Crippen molar-refractivity contribution >= 4 is 11.1 Å². The van der Waals surface area contributed by atoms with E-state index in [0.29, 0.717) is 0 Å². The second-order valence-corrected chi connectivity index (χ2v) is 10.3. The number of allylic oxidation sites excluding steroid dienone is 9. The maximum absolute atomic E-state index is 4.65. The van der Waals surface area contributed by atoms with Crippen LogP contribution in [0, 0.1) is 10.8 Å². The first kappa shape index (κ1) is 22.8. The minimum absolute atomic E-state index is 0.0661. The number of aromatic nitrogens is 3. The number of nitrogens with zero attached hydrogens (tertiary/aromatic N) is 3. The summed E-state index contributed by atoms with van der Waals surface area (Å²) in [6, 6.07) is 18.9. The molecule has 3 aromatic rings. The second-order valence-electron chi connectivity index (χ2n) is 10.3. The third-order valence-electron chi connectivity index (χ3n) is 7.13. The Bertz CT molecular complexity index is 1410. The predicted molar refractivity (Wildman–Crippen MR) is 146 cm³/mol. The first-order valence-electron chi connectivity index (χ1n) is 12.2. The van der Waals surface area contributed by atoms with Gasteiger partial charge in [-0.15, -0.1) is 15.9 Å². The largest absolute Gasteiger partial charge is 0.274 e. The Labute approximate surface area is 208 Å². The summed E-state index contributed by atoms with van der Waals surface area (Å²) in [7, 11) is 0. The lowest BCUT2D eigenvalue weighted by Gasteiger charge is -2.37. The number of hydrogen-bond donors (Lipinski definition) is 0. The fourth-order valence-corrected chi connectivity index (χ4v) is 4.26. The molecule has 2 aliphatic carbocycles. The van der Waals surface area contributed by atoms with Crippen LogP contribution >= 0.6 is 0 Å². The van der Waals surface area contributed by atoms with E-state index >= 15 is 0 Å². The van der Waals surface area contributed by atoms with Crippen molar-refractivity contribution in [3.05, 3.63) is 120 Å². The van der Waals surface area contributed by atoms with E-state index in [1.165, 1.54) is 11.1 Å². The lowest BCUT2D eigenvalue weighted by molar-refractivity contribution is 0.228. The van der Waals surface area contributed by atoms with Gasteiger partial charge in [0.15, 0.2) is 11.6 Å². The van der Waals surface area contributed by atoms with Gasteiger partial charge in [-0.1, -0.05) is 107 Å². The van der Waals surface area contributed by atoms with E-state index in [2.05, 4.69) is 133 Å². The van der Waals surface area contributed by atoms with Gasteiger partial charge in [0.05, 0.1) is 5.57 Å². The Hall–Kier alpha value is -3.94. The third kappa shape index (κ3) is 4.43. The molecule has 0 saturated carbocycles. The summed E-state index contributed by atoms with van der Waals surface area (Å²) in [4.78, 5) is 0. The molecule has 0 spiro atoms. The first-order chi connectivity index (χ1) is 16.9. The van der Waals surface area contributed by atoms with Gasteiger partial charge < -0.3 is 0 Å². The number of rotatable bonds is 4. The quantitative estimate of drug-likeness (QED) is 0.372. The van der Waals surface area contributed by atoms with Crippen molar-refractivity contribution in [3.8, 4) is 17.1 Å². The minimum atomic E-state index is -0.0661. The lowest BCUT2D eigenvalue weighted by Crippen LogP contribution is -2.29. The van der Waals surface area contributed by atoms with Crippen molar-refractivity contribution in [2.75, 3.05) is 0 Å². The SMILES string of the molecule is CC(C)(C)C1(C)C=C=C(c2nnc(-c3ccc(C4=CCC=CC=C4)cc3)n2-c2ccccc2)C=C1. The molecule has 0 radical (unpaired) electrons. The Morgan fingerprint density at radius 3 is 2.26 bits per heavy atom. The van der Waals surface area contributed by atoms with Crippen molar-refractivity contribution in [1.29, 1.82) is 0 Å². The van der Waals surface area contributed by atoms with E-state index in [1.807, 2.05) is 18.2 Å². The summed E-state index contributed by atoms with van der Waals surface area (Å²) in [5.74, 6) is 1.61. The highest BCUT2D eigenvalue weighted by Crippen LogP contribution is 2.43. The summed E-state index contributed by atoms with van der Waals surface area (Å²) in [5.41, 5.74) is 8.97. The summed E-state index contributed by atoms with van der Waals surface area (Å²) in [5, 5.41) is 9.28. The highest BCUT2D eigenvalue weighted by Gasteiger charge is 2.34. The van der Waals surface area contributed by atoms with Gasteiger partial charge in [-0.3, -0.25) is 4.57 Å². The monoisotopic (exact) mass is 457 g/mol. The van der Waals surface area contributed by atoms with Gasteiger partial charge in [-0.25, -0.2) is 0 Å². The van der Waals surface area contributed by atoms with Crippen LogP contribution in [0.5, 0.6) is 0 Å². The van der Waals surface area contributed by atoms with Gasteiger partial charge in [-0.2, -0.15) is 0 Å². The highest BCUT2D eigenvalue weighted by molar-refractivity contribution is 5.77. The Morgan fingerprint density at radius 1 is 0.857 bits per heavy atom. The molecule has 35 heavy (non-hydrogen) atoms. The van der Waals surface area contributed by atoms with Crippen molar-refractivity contribution in [2.24, 2.45) is 10.8 Å². The average Bonchev–Trinajstić information content (AvgIpc) is 3.12. The van der Waals surface area contributed by atoms with Crippen LogP contribution in [0.3, 0.4) is 0 Å². The molecule has 5 rings (SSSR count). The predicted octanol–water partition coefficient (Wildman–Crippen LogP) is 7.99. The van der Waals surface area contributed by atoms with Gasteiger partial charge in [0.25, 0.3) is 0 Å². The van der Waals surface area contributed by atoms with Crippen molar-refractivity contribution in [3.63, 3.8) is 0 Å². The molecule has 1 aromatic heterocycles. The molecule has 0 saturated heterocycles. The van der Waals surface area contributed by atoms with E-state index in [4.69, 9.17) is 0 Å². The van der Waals surface area contributed by atoms with E-state index in [9.17, 15) is 0 Å². The van der Waals surface area contributed by atoms with Crippen LogP contribution in [0.2, 0.25) is 0 Å². The van der Waals surface area contributed by atoms with Crippen LogP contribution in [-0.4, -0.2) is 14.8 Å². The van der Waals surface area contributed by atoms with Gasteiger partial charge in [0, 0.05) is 16.7 Å². The molecular weight excluding hydrogens is 426 g/mol. The normalized spacial score (nSPS) is 19.4. The summed E-state index contributed by atoms with van der Waals surface area (Å²) in [6.07, 6.45) is 18.3. The first-order valence-corrected chi connectivity index (χ1v) is 12.2. The Balaban J connectivity index is 1.59. The van der Waals surface area contributed by atoms with Gasteiger partial charge in [-0.05, 0) is 47.3 Å².